The van der Waals surface area contributed by atoms with E-state index in [4.69, 9.17) is 4.74 Å². The van der Waals surface area contributed by atoms with Crippen LogP contribution in [-0.2, 0) is 10.0 Å². The Labute approximate surface area is 143 Å². The van der Waals surface area contributed by atoms with E-state index in [9.17, 15) is 8.42 Å². The number of anilines is 2. The summed E-state index contributed by atoms with van der Waals surface area (Å²) in [5.41, 5.74) is 0.954. The van der Waals surface area contributed by atoms with E-state index in [2.05, 4.69) is 21.5 Å². The topological polar surface area (TPSA) is 71.5 Å². The zero-order valence-corrected chi connectivity index (χ0v) is 15.0. The number of ether oxygens (including phenoxy) is 1. The summed E-state index contributed by atoms with van der Waals surface area (Å²) in [7, 11) is -0.141. The summed E-state index contributed by atoms with van der Waals surface area (Å²) in [6, 6.07) is 9.72. The second kappa shape index (κ2) is 8.01. The van der Waals surface area contributed by atoms with Crippen molar-refractivity contribution in [3.8, 4) is 5.75 Å². The van der Waals surface area contributed by atoms with Gasteiger partial charge >= 0.3 is 0 Å². The lowest BCUT2D eigenvalue weighted by Crippen LogP contribution is -2.19. The SMILES string of the molecule is CCCCN(C)c1ccc(NS(=O)(=O)c2ccc(OC)cc2)nc1. The molecule has 0 aliphatic rings. The molecule has 0 saturated heterocycles. The molecule has 0 aliphatic heterocycles. The minimum Gasteiger partial charge on any atom is -0.497 e. The zero-order chi connectivity index (χ0) is 17.6. The van der Waals surface area contributed by atoms with E-state index >= 15 is 0 Å². The Morgan fingerprint density at radius 3 is 2.42 bits per heavy atom. The predicted molar refractivity (Wildman–Crippen MR) is 96.2 cm³/mol. The third-order valence-corrected chi connectivity index (χ3v) is 5.02. The summed E-state index contributed by atoms with van der Waals surface area (Å²) < 4.78 is 32.2. The number of hydrogen-bond donors (Lipinski definition) is 1. The Balaban J connectivity index is 2.09. The largest absolute Gasteiger partial charge is 0.497 e. The smallest absolute Gasteiger partial charge is 0.263 e. The van der Waals surface area contributed by atoms with Crippen LogP contribution in [0.25, 0.3) is 0 Å². The standard InChI is InChI=1S/C17H23N3O3S/c1-4-5-12-20(2)14-6-11-17(18-13-14)19-24(21,22)16-9-7-15(23-3)8-10-16/h6-11,13H,4-5,12H2,1-3H3,(H,18,19). The van der Waals surface area contributed by atoms with Gasteiger partial charge in [0, 0.05) is 13.6 Å². The first kappa shape index (κ1) is 18.1. The maximum absolute atomic E-state index is 12.4. The Kier molecular flexibility index (Phi) is 6.03. The second-order valence-corrected chi connectivity index (χ2v) is 7.14. The molecule has 0 fully saturated rings. The number of rotatable bonds is 8. The Bertz CT molecular complexity index is 744. The summed E-state index contributed by atoms with van der Waals surface area (Å²) in [6.07, 6.45) is 3.89. The van der Waals surface area contributed by atoms with E-state index in [1.807, 2.05) is 13.1 Å². The van der Waals surface area contributed by atoms with E-state index in [1.165, 1.54) is 19.2 Å². The van der Waals surface area contributed by atoms with E-state index < -0.39 is 10.0 Å². The maximum Gasteiger partial charge on any atom is 0.263 e. The molecule has 1 aromatic heterocycles. The number of methoxy groups -OCH3 is 1. The molecule has 0 saturated carbocycles. The highest BCUT2D eigenvalue weighted by Crippen LogP contribution is 2.19. The van der Waals surface area contributed by atoms with Crippen molar-refractivity contribution in [1.29, 1.82) is 0 Å². The minimum absolute atomic E-state index is 0.161. The first-order valence-corrected chi connectivity index (χ1v) is 9.28. The fraction of sp³-hybridized carbons (Fsp3) is 0.353. The molecule has 0 amide bonds. The first-order chi connectivity index (χ1) is 11.5. The monoisotopic (exact) mass is 349 g/mol. The Morgan fingerprint density at radius 2 is 1.88 bits per heavy atom. The van der Waals surface area contributed by atoms with Gasteiger partial charge in [-0.1, -0.05) is 13.3 Å². The highest BCUT2D eigenvalue weighted by molar-refractivity contribution is 7.92. The summed E-state index contributed by atoms with van der Waals surface area (Å²) >= 11 is 0. The van der Waals surface area contributed by atoms with Crippen molar-refractivity contribution < 1.29 is 13.2 Å². The molecule has 130 valence electrons. The molecule has 0 aliphatic carbocycles. The zero-order valence-electron chi connectivity index (χ0n) is 14.2. The van der Waals surface area contributed by atoms with Crippen molar-refractivity contribution in [3.63, 3.8) is 0 Å². The highest BCUT2D eigenvalue weighted by Gasteiger charge is 2.15. The van der Waals surface area contributed by atoms with Crippen LogP contribution >= 0.6 is 0 Å². The van der Waals surface area contributed by atoms with Crippen molar-refractivity contribution in [2.45, 2.75) is 24.7 Å². The van der Waals surface area contributed by atoms with Crippen molar-refractivity contribution in [2.75, 3.05) is 30.3 Å². The molecule has 1 N–H and O–H groups in total. The van der Waals surface area contributed by atoms with Crippen LogP contribution in [0.2, 0.25) is 0 Å². The number of nitrogens with zero attached hydrogens (tertiary/aromatic N) is 2. The number of unbranched alkanes of at least 4 members (excludes halogenated alkanes) is 1. The molecule has 7 heteroatoms. The molecular weight excluding hydrogens is 326 g/mol. The average molecular weight is 349 g/mol. The lowest BCUT2D eigenvalue weighted by molar-refractivity contribution is 0.414. The second-order valence-electron chi connectivity index (χ2n) is 5.46. The molecule has 1 heterocycles. The van der Waals surface area contributed by atoms with E-state index in [1.54, 1.807) is 24.4 Å². The number of nitrogens with one attached hydrogen (secondary N) is 1. The van der Waals surface area contributed by atoms with Crippen LogP contribution in [0.15, 0.2) is 47.5 Å². The van der Waals surface area contributed by atoms with Gasteiger partial charge in [0.2, 0.25) is 0 Å². The molecule has 0 bridgehead atoms. The molecule has 2 rings (SSSR count). The molecule has 0 atom stereocenters. The summed E-state index contributed by atoms with van der Waals surface area (Å²) in [5, 5.41) is 0. The van der Waals surface area contributed by atoms with Crippen LogP contribution in [0.3, 0.4) is 0 Å². The van der Waals surface area contributed by atoms with Crippen LogP contribution in [0.5, 0.6) is 5.75 Å². The summed E-state index contributed by atoms with van der Waals surface area (Å²) in [4.78, 5) is 6.45. The summed E-state index contributed by atoms with van der Waals surface area (Å²) in [6.45, 7) is 3.08. The third-order valence-electron chi connectivity index (χ3n) is 3.64. The van der Waals surface area contributed by atoms with Crippen molar-refractivity contribution >= 4 is 21.5 Å². The van der Waals surface area contributed by atoms with Crippen LogP contribution in [0, 0.1) is 0 Å². The van der Waals surface area contributed by atoms with Crippen molar-refractivity contribution in [3.05, 3.63) is 42.6 Å². The van der Waals surface area contributed by atoms with Crippen LogP contribution in [0.1, 0.15) is 19.8 Å². The molecule has 2 aromatic rings. The van der Waals surface area contributed by atoms with Gasteiger partial charge in [-0.3, -0.25) is 4.72 Å². The highest BCUT2D eigenvalue weighted by atomic mass is 32.2. The quantitative estimate of drug-likeness (QED) is 0.793. The van der Waals surface area contributed by atoms with Gasteiger partial charge in [-0.25, -0.2) is 13.4 Å². The number of sulfonamides is 1. The average Bonchev–Trinajstić information content (AvgIpc) is 2.60. The lowest BCUT2D eigenvalue weighted by Gasteiger charge is -2.18. The van der Waals surface area contributed by atoms with Gasteiger partial charge in [0.25, 0.3) is 10.0 Å². The van der Waals surface area contributed by atoms with Crippen LogP contribution in [0.4, 0.5) is 11.5 Å². The molecule has 0 spiro atoms. The van der Waals surface area contributed by atoms with Gasteiger partial charge in [-0.2, -0.15) is 0 Å². The molecule has 0 unspecified atom stereocenters. The van der Waals surface area contributed by atoms with E-state index in [-0.39, 0.29) is 4.90 Å². The third kappa shape index (κ3) is 4.61. The first-order valence-electron chi connectivity index (χ1n) is 7.80. The molecular formula is C17H23N3O3S. The van der Waals surface area contributed by atoms with Gasteiger partial charge in [-0.05, 0) is 42.8 Å². The predicted octanol–water partition coefficient (Wildman–Crippen LogP) is 3.13. The van der Waals surface area contributed by atoms with Gasteiger partial charge in [0.05, 0.1) is 23.9 Å². The van der Waals surface area contributed by atoms with Gasteiger partial charge in [0.1, 0.15) is 11.6 Å². The molecule has 0 radical (unpaired) electrons. The number of pyridine rings is 1. The van der Waals surface area contributed by atoms with E-state index in [0.717, 1.165) is 25.1 Å². The Morgan fingerprint density at radius 1 is 1.17 bits per heavy atom. The number of aromatic nitrogens is 1. The van der Waals surface area contributed by atoms with Gasteiger partial charge < -0.3 is 9.64 Å². The van der Waals surface area contributed by atoms with Gasteiger partial charge in [0.15, 0.2) is 0 Å². The minimum atomic E-state index is -3.67. The summed E-state index contributed by atoms with van der Waals surface area (Å²) in [5.74, 6) is 0.894. The number of hydrogen-bond acceptors (Lipinski definition) is 5. The Hall–Kier alpha value is -2.28. The van der Waals surface area contributed by atoms with Crippen molar-refractivity contribution in [2.24, 2.45) is 0 Å². The van der Waals surface area contributed by atoms with E-state index in [0.29, 0.717) is 11.6 Å². The lowest BCUT2D eigenvalue weighted by atomic mass is 10.3. The maximum atomic E-state index is 12.4. The molecule has 6 nitrogen and oxygen atoms in total. The van der Waals surface area contributed by atoms with Crippen molar-refractivity contribution in [1.82, 2.24) is 4.98 Å². The van der Waals surface area contributed by atoms with Crippen LogP contribution in [-0.4, -0.2) is 34.1 Å². The van der Waals surface area contributed by atoms with Crippen LogP contribution < -0.4 is 14.4 Å². The van der Waals surface area contributed by atoms with Gasteiger partial charge in [-0.15, -0.1) is 0 Å². The normalized spacial score (nSPS) is 11.1. The molecule has 24 heavy (non-hydrogen) atoms. The molecule has 1 aromatic carbocycles. The fourth-order valence-corrected chi connectivity index (χ4v) is 3.16. The fourth-order valence-electron chi connectivity index (χ4n) is 2.15. The number of benzene rings is 1.